The largest absolute Gasteiger partial charge is 0.362 e. The summed E-state index contributed by atoms with van der Waals surface area (Å²) in [6.45, 7) is 0. The van der Waals surface area contributed by atoms with Crippen LogP contribution < -0.4 is 5.32 Å². The van der Waals surface area contributed by atoms with Crippen LogP contribution in [0.15, 0.2) is 29.4 Å². The first-order valence-corrected chi connectivity index (χ1v) is 9.40. The molecule has 0 radical (unpaired) electrons. The van der Waals surface area contributed by atoms with Gasteiger partial charge in [-0.25, -0.2) is 4.99 Å². The number of amidine groups is 1. The molecule has 3 rings (SSSR count). The van der Waals surface area contributed by atoms with Crippen molar-refractivity contribution < 1.29 is 0 Å². The molecule has 4 nitrogen and oxygen atoms in total. The Morgan fingerprint density at radius 2 is 2.00 bits per heavy atom. The first-order chi connectivity index (χ1) is 10.8. The number of rotatable bonds is 2. The molecule has 0 amide bonds. The first-order valence-electron chi connectivity index (χ1n) is 8.17. The average Bonchev–Trinajstić information content (AvgIpc) is 2.96. The lowest BCUT2D eigenvalue weighted by atomic mass is 9.97. The van der Waals surface area contributed by atoms with Crippen LogP contribution >= 0.6 is 11.8 Å². The molecule has 1 heterocycles. The molecule has 1 aliphatic rings. The fraction of sp³-hybridized carbons (Fsp3) is 0.529. The number of hydrogen-bond acceptors (Lipinski definition) is 3. The lowest BCUT2D eigenvalue weighted by molar-refractivity contribution is 0.430. The highest BCUT2D eigenvalue weighted by atomic mass is 32.2. The van der Waals surface area contributed by atoms with Crippen LogP contribution in [0.1, 0.15) is 44.9 Å². The van der Waals surface area contributed by atoms with E-state index in [-0.39, 0.29) is 0 Å². The standard InChI is InChI=1S/C17H24N4S/c1-22-17(19-14-7-5-3-2-4-6-8-14)20-15-10-9-13-12-18-21-16(13)11-15/h9-12,14H,2-8H2,1H3,(H,18,21)(H,19,20). The molecule has 1 saturated carbocycles. The van der Waals surface area contributed by atoms with Gasteiger partial charge in [-0.1, -0.05) is 43.9 Å². The van der Waals surface area contributed by atoms with Gasteiger partial charge in [0.05, 0.1) is 17.4 Å². The molecule has 0 saturated heterocycles. The zero-order chi connectivity index (χ0) is 15.2. The summed E-state index contributed by atoms with van der Waals surface area (Å²) in [7, 11) is 0. The van der Waals surface area contributed by atoms with Crippen LogP contribution in [-0.4, -0.2) is 27.7 Å². The Kier molecular flexibility index (Phi) is 5.38. The van der Waals surface area contributed by atoms with E-state index in [9.17, 15) is 0 Å². The van der Waals surface area contributed by atoms with Gasteiger partial charge in [-0.15, -0.1) is 0 Å². The summed E-state index contributed by atoms with van der Waals surface area (Å²) < 4.78 is 0. The number of aliphatic imine (C=N–C) groups is 1. The molecule has 1 aliphatic carbocycles. The second-order valence-corrected chi connectivity index (χ2v) is 6.74. The highest BCUT2D eigenvalue weighted by Gasteiger charge is 2.12. The molecule has 0 bridgehead atoms. The Morgan fingerprint density at radius 1 is 1.23 bits per heavy atom. The number of thioether (sulfide) groups is 1. The van der Waals surface area contributed by atoms with Gasteiger partial charge in [0.2, 0.25) is 0 Å². The summed E-state index contributed by atoms with van der Waals surface area (Å²) in [4.78, 5) is 4.78. The van der Waals surface area contributed by atoms with E-state index in [1.54, 1.807) is 11.8 Å². The molecule has 1 aromatic carbocycles. The average molecular weight is 316 g/mol. The van der Waals surface area contributed by atoms with Crippen LogP contribution in [-0.2, 0) is 0 Å². The number of aromatic nitrogens is 2. The maximum atomic E-state index is 4.78. The van der Waals surface area contributed by atoms with E-state index in [0.717, 1.165) is 21.8 Å². The second kappa shape index (κ2) is 7.68. The van der Waals surface area contributed by atoms with E-state index in [1.165, 1.54) is 44.9 Å². The van der Waals surface area contributed by atoms with Crippen molar-refractivity contribution in [2.45, 2.75) is 51.0 Å². The zero-order valence-electron chi connectivity index (χ0n) is 13.1. The van der Waals surface area contributed by atoms with E-state index in [2.05, 4.69) is 33.9 Å². The number of hydrogen-bond donors (Lipinski definition) is 2. The third-order valence-corrected chi connectivity index (χ3v) is 4.88. The molecule has 1 fully saturated rings. The van der Waals surface area contributed by atoms with Crippen molar-refractivity contribution in [3.63, 3.8) is 0 Å². The van der Waals surface area contributed by atoms with Crippen LogP contribution in [0, 0.1) is 0 Å². The van der Waals surface area contributed by atoms with Crippen molar-refractivity contribution in [3.05, 3.63) is 24.4 Å². The monoisotopic (exact) mass is 316 g/mol. The molecule has 1 aromatic heterocycles. The molecule has 0 aliphatic heterocycles. The molecule has 0 atom stereocenters. The number of H-pyrrole nitrogens is 1. The van der Waals surface area contributed by atoms with Crippen molar-refractivity contribution in [3.8, 4) is 0 Å². The van der Waals surface area contributed by atoms with Crippen molar-refractivity contribution in [1.29, 1.82) is 0 Å². The number of aromatic amines is 1. The molecule has 5 heteroatoms. The summed E-state index contributed by atoms with van der Waals surface area (Å²) >= 11 is 1.69. The predicted molar refractivity (Wildman–Crippen MR) is 95.9 cm³/mol. The second-order valence-electron chi connectivity index (χ2n) is 5.95. The van der Waals surface area contributed by atoms with Gasteiger partial charge in [-0.2, -0.15) is 5.10 Å². The molecule has 2 aromatic rings. The molecule has 118 valence electrons. The fourth-order valence-corrected chi connectivity index (χ4v) is 3.50. The molecule has 2 N–H and O–H groups in total. The number of fused-ring (bicyclic) bond motifs is 1. The number of benzene rings is 1. The summed E-state index contributed by atoms with van der Waals surface area (Å²) in [5.74, 6) is 0. The predicted octanol–water partition coefficient (Wildman–Crippen LogP) is 4.62. The molecule has 0 unspecified atom stereocenters. The van der Waals surface area contributed by atoms with Crippen LogP contribution in [0.3, 0.4) is 0 Å². The van der Waals surface area contributed by atoms with Crippen LogP contribution in [0.25, 0.3) is 10.9 Å². The highest BCUT2D eigenvalue weighted by Crippen LogP contribution is 2.21. The molecule has 22 heavy (non-hydrogen) atoms. The highest BCUT2D eigenvalue weighted by molar-refractivity contribution is 8.13. The number of nitrogens with zero attached hydrogens (tertiary/aromatic N) is 2. The third kappa shape index (κ3) is 4.03. The summed E-state index contributed by atoms with van der Waals surface area (Å²) in [5.41, 5.74) is 2.01. The van der Waals surface area contributed by atoms with Gasteiger partial charge in [-0.3, -0.25) is 5.10 Å². The van der Waals surface area contributed by atoms with Gasteiger partial charge < -0.3 is 5.32 Å². The smallest absolute Gasteiger partial charge is 0.161 e. The fourth-order valence-electron chi connectivity index (χ4n) is 3.02. The van der Waals surface area contributed by atoms with Crippen molar-refractivity contribution in [2.24, 2.45) is 4.99 Å². The topological polar surface area (TPSA) is 53.1 Å². The molecular formula is C17H24N4S. The van der Waals surface area contributed by atoms with Crippen LogP contribution in [0.4, 0.5) is 5.69 Å². The minimum absolute atomic E-state index is 0.572. The van der Waals surface area contributed by atoms with E-state index >= 15 is 0 Å². The first kappa shape index (κ1) is 15.4. The van der Waals surface area contributed by atoms with E-state index in [1.807, 2.05) is 12.3 Å². The van der Waals surface area contributed by atoms with Gasteiger partial charge in [0.25, 0.3) is 0 Å². The van der Waals surface area contributed by atoms with Crippen LogP contribution in [0.5, 0.6) is 0 Å². The van der Waals surface area contributed by atoms with Gasteiger partial charge in [0.1, 0.15) is 0 Å². The Hall–Kier alpha value is -1.49. The SMILES string of the molecule is CS/C(=N\c1ccc2cn[nH]c2c1)NC1CCCCCCC1. The minimum Gasteiger partial charge on any atom is -0.362 e. The summed E-state index contributed by atoms with van der Waals surface area (Å²) in [6, 6.07) is 6.74. The Balaban J connectivity index is 1.71. The van der Waals surface area contributed by atoms with E-state index < -0.39 is 0 Å². The third-order valence-electron chi connectivity index (χ3n) is 4.28. The van der Waals surface area contributed by atoms with Gasteiger partial charge in [-0.05, 0) is 37.3 Å². The van der Waals surface area contributed by atoms with Gasteiger partial charge >= 0.3 is 0 Å². The Bertz CT molecular complexity index is 626. The maximum Gasteiger partial charge on any atom is 0.161 e. The minimum atomic E-state index is 0.572. The summed E-state index contributed by atoms with van der Waals surface area (Å²) in [6.07, 6.45) is 13.3. The van der Waals surface area contributed by atoms with Gasteiger partial charge in [0, 0.05) is 11.4 Å². The van der Waals surface area contributed by atoms with Gasteiger partial charge in [0.15, 0.2) is 5.17 Å². The van der Waals surface area contributed by atoms with E-state index in [4.69, 9.17) is 4.99 Å². The molecular weight excluding hydrogens is 292 g/mol. The van der Waals surface area contributed by atoms with Crippen molar-refractivity contribution in [1.82, 2.24) is 15.5 Å². The van der Waals surface area contributed by atoms with Crippen molar-refractivity contribution in [2.75, 3.05) is 6.26 Å². The molecule has 0 spiro atoms. The normalized spacial score (nSPS) is 18.1. The van der Waals surface area contributed by atoms with Crippen molar-refractivity contribution >= 4 is 33.5 Å². The lowest BCUT2D eigenvalue weighted by Crippen LogP contribution is -2.33. The maximum absolute atomic E-state index is 4.78. The Labute approximate surface area is 136 Å². The number of nitrogens with one attached hydrogen (secondary N) is 2. The van der Waals surface area contributed by atoms with E-state index in [0.29, 0.717) is 6.04 Å². The quantitative estimate of drug-likeness (QED) is 0.628. The lowest BCUT2D eigenvalue weighted by Gasteiger charge is -2.22. The zero-order valence-corrected chi connectivity index (χ0v) is 14.0. The van der Waals surface area contributed by atoms with Crippen LogP contribution in [0.2, 0.25) is 0 Å². The Morgan fingerprint density at radius 3 is 2.77 bits per heavy atom. The summed E-state index contributed by atoms with van der Waals surface area (Å²) in [5, 5.41) is 12.9.